The first kappa shape index (κ1) is 19.7. The maximum absolute atomic E-state index is 6.47. The van der Waals surface area contributed by atoms with Crippen LogP contribution in [0.3, 0.4) is 0 Å². The summed E-state index contributed by atoms with van der Waals surface area (Å²) in [6, 6.07) is 0. The molecule has 0 amide bonds. The van der Waals surface area contributed by atoms with E-state index in [1.807, 2.05) is 0 Å². The molecule has 0 radical (unpaired) electrons. The fourth-order valence-corrected chi connectivity index (χ4v) is 8.39. The van der Waals surface area contributed by atoms with Gasteiger partial charge in [-0.05, 0) is 94.2 Å². The van der Waals surface area contributed by atoms with Crippen molar-refractivity contribution in [2.45, 2.75) is 91.0 Å². The van der Waals surface area contributed by atoms with Crippen molar-refractivity contribution in [3.05, 3.63) is 11.6 Å². The van der Waals surface area contributed by atoms with Crippen LogP contribution in [-0.4, -0.2) is 27.2 Å². The van der Waals surface area contributed by atoms with Gasteiger partial charge >= 0.3 is 0 Å². The molecule has 4 rings (SSSR count). The summed E-state index contributed by atoms with van der Waals surface area (Å²) >= 11 is 0. The summed E-state index contributed by atoms with van der Waals surface area (Å²) in [5.41, 5.74) is 3.76. The molecule has 4 aliphatic carbocycles. The molecule has 0 aliphatic heterocycles. The molecule has 3 unspecified atom stereocenters. The average molecular weight is 390 g/mol. The van der Waals surface area contributed by atoms with Crippen molar-refractivity contribution in [3.63, 3.8) is 0 Å². The van der Waals surface area contributed by atoms with Crippen LogP contribution in [0.1, 0.15) is 65.2 Å². The van der Waals surface area contributed by atoms with E-state index in [1.54, 1.807) is 12.7 Å². The van der Waals surface area contributed by atoms with E-state index >= 15 is 0 Å². The van der Waals surface area contributed by atoms with E-state index in [2.05, 4.69) is 44.7 Å². The zero-order valence-electron chi connectivity index (χ0n) is 18.3. The van der Waals surface area contributed by atoms with Gasteiger partial charge in [0.1, 0.15) is 7.11 Å². The molecule has 0 saturated heterocycles. The van der Waals surface area contributed by atoms with E-state index in [-0.39, 0.29) is 5.41 Å². The van der Waals surface area contributed by atoms with Crippen LogP contribution in [0.25, 0.3) is 0 Å². The van der Waals surface area contributed by atoms with E-state index in [0.29, 0.717) is 11.5 Å². The van der Waals surface area contributed by atoms with Crippen molar-refractivity contribution < 1.29 is 9.26 Å². The lowest BCUT2D eigenvalue weighted by atomic mass is 9.47. The Bertz CT molecular complexity index is 651. The van der Waals surface area contributed by atoms with E-state index in [1.165, 1.54) is 50.7 Å². The largest absolute Gasteiger partial charge is 0.411 e. The van der Waals surface area contributed by atoms with Crippen LogP contribution in [0.4, 0.5) is 0 Å². The highest BCUT2D eigenvalue weighted by molar-refractivity contribution is 6.69. The number of hydrogen-bond acceptors (Lipinski definition) is 3. The lowest BCUT2D eigenvalue weighted by molar-refractivity contribution is -0.0248. The Kier molecular flexibility index (Phi) is 4.90. The smallest absolute Gasteiger partial charge is 0.184 e. The van der Waals surface area contributed by atoms with Gasteiger partial charge in [-0.3, -0.25) is 0 Å². The molecule has 0 spiro atoms. The van der Waals surface area contributed by atoms with Crippen LogP contribution in [0, 0.1) is 28.6 Å². The predicted molar refractivity (Wildman–Crippen MR) is 114 cm³/mol. The molecule has 27 heavy (non-hydrogen) atoms. The van der Waals surface area contributed by atoms with Gasteiger partial charge < -0.3 is 9.26 Å². The van der Waals surface area contributed by atoms with Crippen molar-refractivity contribution in [2.24, 2.45) is 33.7 Å². The topological polar surface area (TPSA) is 30.8 Å². The van der Waals surface area contributed by atoms with Crippen molar-refractivity contribution in [1.82, 2.24) is 0 Å². The molecule has 0 aromatic heterocycles. The first-order valence-electron chi connectivity index (χ1n) is 11.2. The Morgan fingerprint density at radius 1 is 0.963 bits per heavy atom. The summed E-state index contributed by atoms with van der Waals surface area (Å²) in [4.78, 5) is 5.20. The van der Waals surface area contributed by atoms with E-state index in [0.717, 1.165) is 24.2 Å². The minimum absolute atomic E-state index is 0.285. The maximum atomic E-state index is 6.47. The molecule has 4 heteroatoms. The zero-order chi connectivity index (χ0) is 19.4. The first-order valence-corrected chi connectivity index (χ1v) is 14.6. The van der Waals surface area contributed by atoms with Crippen molar-refractivity contribution >= 4 is 14.0 Å². The summed E-state index contributed by atoms with van der Waals surface area (Å²) in [7, 11) is 0.231. The normalized spacial score (nSPS) is 45.7. The minimum Gasteiger partial charge on any atom is -0.411 e. The summed E-state index contributed by atoms with van der Waals surface area (Å²) in [5.74, 6) is 2.52. The molecule has 3 nitrogen and oxygen atoms in total. The third-order valence-electron chi connectivity index (χ3n) is 8.52. The van der Waals surface area contributed by atoms with Crippen LogP contribution in [-0.2, 0) is 9.26 Å². The van der Waals surface area contributed by atoms with Crippen molar-refractivity contribution in [3.8, 4) is 0 Å². The SMILES string of the molecule is CON=C1CCC2C3CCC4=C[C@@H](O[Si](C)(C)C)CC[C@]4(C)C3CC[C@]12C. The molecule has 0 N–H and O–H groups in total. The van der Waals surface area contributed by atoms with Gasteiger partial charge in [-0.15, -0.1) is 0 Å². The predicted octanol–water partition coefficient (Wildman–Crippen LogP) is 6.17. The lowest BCUT2D eigenvalue weighted by Gasteiger charge is -2.57. The Hall–Kier alpha value is -0.613. The maximum Gasteiger partial charge on any atom is 0.184 e. The number of fused-ring (bicyclic) bond motifs is 5. The van der Waals surface area contributed by atoms with Gasteiger partial charge in [-0.1, -0.05) is 30.7 Å². The molecule has 3 fully saturated rings. The van der Waals surface area contributed by atoms with Crippen molar-refractivity contribution in [1.29, 1.82) is 0 Å². The Morgan fingerprint density at radius 2 is 1.67 bits per heavy atom. The molecule has 0 aromatic carbocycles. The number of nitrogens with zero attached hydrogens (tertiary/aromatic N) is 1. The molecule has 0 heterocycles. The molecule has 0 bridgehead atoms. The van der Waals surface area contributed by atoms with Crippen LogP contribution in [0.2, 0.25) is 19.6 Å². The summed E-state index contributed by atoms with van der Waals surface area (Å²) < 4.78 is 6.47. The van der Waals surface area contributed by atoms with Crippen molar-refractivity contribution in [2.75, 3.05) is 7.11 Å². The molecule has 6 atom stereocenters. The monoisotopic (exact) mass is 389 g/mol. The zero-order valence-corrected chi connectivity index (χ0v) is 19.3. The fraction of sp³-hybridized carbons (Fsp3) is 0.870. The molecular weight excluding hydrogens is 350 g/mol. The molecule has 152 valence electrons. The van der Waals surface area contributed by atoms with Gasteiger partial charge in [0.25, 0.3) is 0 Å². The van der Waals surface area contributed by atoms with Gasteiger partial charge in [0.15, 0.2) is 8.32 Å². The van der Waals surface area contributed by atoms with Gasteiger partial charge in [-0.25, -0.2) is 0 Å². The van der Waals surface area contributed by atoms with Gasteiger partial charge in [0, 0.05) is 5.41 Å². The average Bonchev–Trinajstić information content (AvgIpc) is 2.91. The second-order valence-electron chi connectivity index (χ2n) is 11.0. The van der Waals surface area contributed by atoms with E-state index in [9.17, 15) is 0 Å². The summed E-state index contributed by atoms with van der Waals surface area (Å²) in [6.45, 7) is 12.0. The Labute approximate surface area is 167 Å². The standard InChI is InChI=1S/C23H39NO2Si/c1-22-13-11-17(26-27(4,5)6)15-16(22)7-8-18-19-9-10-21(24-25-3)23(19,2)14-12-20(18)22/h15,17-20H,7-14H2,1-6H3/t17-,18?,19?,20?,22-,23-/m0/s1. The third kappa shape index (κ3) is 3.25. The third-order valence-corrected chi connectivity index (χ3v) is 9.53. The molecule has 3 saturated carbocycles. The van der Waals surface area contributed by atoms with E-state index in [4.69, 9.17) is 9.26 Å². The number of rotatable bonds is 3. The minimum atomic E-state index is -1.47. The number of allylic oxidation sites excluding steroid dienone is 1. The first-order chi connectivity index (χ1) is 12.7. The molecule has 4 aliphatic rings. The highest BCUT2D eigenvalue weighted by atomic mass is 28.4. The van der Waals surface area contributed by atoms with Crippen LogP contribution >= 0.6 is 0 Å². The number of oxime groups is 1. The molecule has 0 aromatic rings. The highest BCUT2D eigenvalue weighted by Gasteiger charge is 2.58. The molecular formula is C23H39NO2Si. The van der Waals surface area contributed by atoms with Gasteiger partial charge in [0.05, 0.1) is 11.8 Å². The second-order valence-corrected chi connectivity index (χ2v) is 15.5. The van der Waals surface area contributed by atoms with Gasteiger partial charge in [0.2, 0.25) is 0 Å². The highest BCUT2D eigenvalue weighted by Crippen LogP contribution is 2.64. The van der Waals surface area contributed by atoms with Crippen LogP contribution < -0.4 is 0 Å². The summed E-state index contributed by atoms with van der Waals surface area (Å²) in [5, 5.41) is 4.45. The van der Waals surface area contributed by atoms with Crippen LogP contribution in [0.15, 0.2) is 16.8 Å². The Balaban J connectivity index is 1.58. The fourth-order valence-electron chi connectivity index (χ4n) is 7.29. The van der Waals surface area contributed by atoms with E-state index < -0.39 is 8.32 Å². The number of hydrogen-bond donors (Lipinski definition) is 0. The van der Waals surface area contributed by atoms with Gasteiger partial charge in [-0.2, -0.15) is 0 Å². The second kappa shape index (κ2) is 6.72. The Morgan fingerprint density at radius 3 is 2.37 bits per heavy atom. The summed E-state index contributed by atoms with van der Waals surface area (Å²) in [6.07, 6.45) is 13.2. The quantitative estimate of drug-likeness (QED) is 0.328. The lowest BCUT2D eigenvalue weighted by Crippen LogP contribution is -2.51. The van der Waals surface area contributed by atoms with Crippen LogP contribution in [0.5, 0.6) is 0 Å².